The van der Waals surface area contributed by atoms with Crippen LogP contribution in [0.1, 0.15) is 35.3 Å². The number of amides is 1. The van der Waals surface area contributed by atoms with E-state index in [0.29, 0.717) is 23.9 Å². The van der Waals surface area contributed by atoms with Gasteiger partial charge in [-0.25, -0.2) is 0 Å². The third kappa shape index (κ3) is 3.07. The van der Waals surface area contributed by atoms with Crippen LogP contribution < -0.4 is 5.32 Å². The van der Waals surface area contributed by atoms with Crippen LogP contribution in [0.4, 0.5) is 0 Å². The van der Waals surface area contributed by atoms with E-state index in [1.807, 2.05) is 6.92 Å². The molecule has 1 aromatic heterocycles. The molecular weight excluding hydrogens is 228 g/mol. The summed E-state index contributed by atoms with van der Waals surface area (Å²) >= 11 is 0. The van der Waals surface area contributed by atoms with Crippen molar-refractivity contribution in [2.75, 3.05) is 13.2 Å². The Bertz CT molecular complexity index is 420. The first kappa shape index (κ1) is 13.0. The second kappa shape index (κ2) is 5.96. The van der Waals surface area contributed by atoms with Crippen molar-refractivity contribution in [1.82, 2.24) is 10.3 Å². The van der Waals surface area contributed by atoms with Crippen LogP contribution in [0.3, 0.4) is 0 Å². The van der Waals surface area contributed by atoms with E-state index >= 15 is 0 Å². The molecular formula is C14H20N2O2. The van der Waals surface area contributed by atoms with Gasteiger partial charge >= 0.3 is 0 Å². The third-order valence-corrected chi connectivity index (χ3v) is 3.73. The largest absolute Gasteiger partial charge is 0.396 e. The van der Waals surface area contributed by atoms with E-state index in [9.17, 15) is 9.90 Å². The highest BCUT2D eigenvalue weighted by molar-refractivity contribution is 5.94. The van der Waals surface area contributed by atoms with Gasteiger partial charge in [0.1, 0.15) is 0 Å². The first-order valence-electron chi connectivity index (χ1n) is 6.52. The minimum atomic E-state index is -0.0518. The monoisotopic (exact) mass is 248 g/mol. The molecule has 1 heterocycles. The third-order valence-electron chi connectivity index (χ3n) is 3.73. The number of carbonyl (C=O) groups is 1. The zero-order valence-electron chi connectivity index (χ0n) is 10.7. The van der Waals surface area contributed by atoms with Gasteiger partial charge in [-0.1, -0.05) is 6.42 Å². The summed E-state index contributed by atoms with van der Waals surface area (Å²) in [5.41, 5.74) is 1.50. The molecule has 2 atom stereocenters. The SMILES string of the molecule is Cc1cc(C(=O)NCC2CCCC2CO)ccn1. The Balaban J connectivity index is 1.88. The van der Waals surface area contributed by atoms with E-state index in [0.717, 1.165) is 25.0 Å². The summed E-state index contributed by atoms with van der Waals surface area (Å²) in [5, 5.41) is 12.2. The van der Waals surface area contributed by atoms with E-state index in [1.165, 1.54) is 0 Å². The molecule has 1 aliphatic carbocycles. The maximum Gasteiger partial charge on any atom is 0.251 e. The van der Waals surface area contributed by atoms with Crippen LogP contribution in [-0.4, -0.2) is 29.1 Å². The number of aromatic nitrogens is 1. The lowest BCUT2D eigenvalue weighted by Crippen LogP contribution is -2.31. The molecule has 98 valence electrons. The summed E-state index contributed by atoms with van der Waals surface area (Å²) in [7, 11) is 0. The molecule has 0 saturated heterocycles. The number of carbonyl (C=O) groups excluding carboxylic acids is 1. The molecule has 1 fully saturated rings. The predicted octanol–water partition coefficient (Wildman–Crippen LogP) is 1.53. The van der Waals surface area contributed by atoms with Gasteiger partial charge in [-0.15, -0.1) is 0 Å². The second-order valence-electron chi connectivity index (χ2n) is 5.03. The van der Waals surface area contributed by atoms with Gasteiger partial charge in [0.05, 0.1) is 0 Å². The van der Waals surface area contributed by atoms with Crippen molar-refractivity contribution in [2.24, 2.45) is 11.8 Å². The molecule has 1 saturated carbocycles. The van der Waals surface area contributed by atoms with Gasteiger partial charge in [-0.05, 0) is 43.7 Å². The van der Waals surface area contributed by atoms with Gasteiger partial charge in [0.25, 0.3) is 5.91 Å². The number of nitrogens with one attached hydrogen (secondary N) is 1. The van der Waals surface area contributed by atoms with Crippen molar-refractivity contribution in [1.29, 1.82) is 0 Å². The first-order valence-corrected chi connectivity index (χ1v) is 6.52. The number of pyridine rings is 1. The average molecular weight is 248 g/mol. The Morgan fingerprint density at radius 2 is 2.28 bits per heavy atom. The molecule has 1 amide bonds. The average Bonchev–Trinajstić information content (AvgIpc) is 2.83. The Morgan fingerprint density at radius 1 is 1.50 bits per heavy atom. The lowest BCUT2D eigenvalue weighted by molar-refractivity contribution is 0.0937. The summed E-state index contributed by atoms with van der Waals surface area (Å²) in [6, 6.07) is 3.51. The standard InChI is InChI=1S/C14H20N2O2/c1-10-7-11(5-6-15-10)14(18)16-8-12-3-2-4-13(12)9-17/h5-7,12-13,17H,2-4,8-9H2,1H3,(H,16,18). The van der Waals surface area contributed by atoms with E-state index in [1.54, 1.807) is 18.3 Å². The molecule has 0 aromatic carbocycles. The van der Waals surface area contributed by atoms with Crippen molar-refractivity contribution < 1.29 is 9.90 Å². The summed E-state index contributed by atoms with van der Waals surface area (Å²) in [6.45, 7) is 2.76. The Morgan fingerprint density at radius 3 is 3.00 bits per heavy atom. The molecule has 0 bridgehead atoms. The van der Waals surface area contributed by atoms with E-state index in [4.69, 9.17) is 0 Å². The molecule has 18 heavy (non-hydrogen) atoms. The first-order chi connectivity index (χ1) is 8.70. The molecule has 0 aliphatic heterocycles. The zero-order valence-corrected chi connectivity index (χ0v) is 10.7. The summed E-state index contributed by atoms with van der Waals surface area (Å²) in [4.78, 5) is 16.0. The smallest absolute Gasteiger partial charge is 0.251 e. The van der Waals surface area contributed by atoms with E-state index in [-0.39, 0.29) is 12.5 Å². The summed E-state index contributed by atoms with van der Waals surface area (Å²) < 4.78 is 0. The number of nitrogens with zero attached hydrogens (tertiary/aromatic N) is 1. The van der Waals surface area contributed by atoms with Crippen molar-refractivity contribution in [3.05, 3.63) is 29.6 Å². The van der Waals surface area contributed by atoms with Crippen LogP contribution >= 0.6 is 0 Å². The fourth-order valence-electron chi connectivity index (χ4n) is 2.64. The predicted molar refractivity (Wildman–Crippen MR) is 69.2 cm³/mol. The summed E-state index contributed by atoms with van der Waals surface area (Å²) in [5.74, 6) is 0.718. The van der Waals surface area contributed by atoms with Gasteiger partial charge in [-0.2, -0.15) is 0 Å². The van der Waals surface area contributed by atoms with Gasteiger partial charge in [0.2, 0.25) is 0 Å². The minimum absolute atomic E-state index is 0.0518. The fourth-order valence-corrected chi connectivity index (χ4v) is 2.64. The number of rotatable bonds is 4. The van der Waals surface area contributed by atoms with Crippen molar-refractivity contribution >= 4 is 5.91 Å². The quantitative estimate of drug-likeness (QED) is 0.849. The Labute approximate surface area is 107 Å². The van der Waals surface area contributed by atoms with Crippen LogP contribution in [0.25, 0.3) is 0 Å². The highest BCUT2D eigenvalue weighted by atomic mass is 16.3. The zero-order chi connectivity index (χ0) is 13.0. The highest BCUT2D eigenvalue weighted by Crippen LogP contribution is 2.30. The topological polar surface area (TPSA) is 62.2 Å². The van der Waals surface area contributed by atoms with Gasteiger partial charge in [0.15, 0.2) is 0 Å². The molecule has 1 aliphatic rings. The number of aliphatic hydroxyl groups excluding tert-OH is 1. The molecule has 0 spiro atoms. The number of aryl methyl sites for hydroxylation is 1. The molecule has 2 rings (SSSR count). The number of hydrogen-bond acceptors (Lipinski definition) is 3. The van der Waals surface area contributed by atoms with Gasteiger partial charge in [0, 0.05) is 30.6 Å². The van der Waals surface area contributed by atoms with Gasteiger partial charge < -0.3 is 10.4 Å². The number of hydrogen-bond donors (Lipinski definition) is 2. The van der Waals surface area contributed by atoms with Gasteiger partial charge in [-0.3, -0.25) is 9.78 Å². The molecule has 2 unspecified atom stereocenters. The Hall–Kier alpha value is -1.42. The van der Waals surface area contributed by atoms with E-state index < -0.39 is 0 Å². The maximum atomic E-state index is 11.9. The number of aliphatic hydroxyl groups is 1. The maximum absolute atomic E-state index is 11.9. The fraction of sp³-hybridized carbons (Fsp3) is 0.571. The van der Waals surface area contributed by atoms with E-state index in [2.05, 4.69) is 10.3 Å². The molecule has 4 heteroatoms. The second-order valence-corrected chi connectivity index (χ2v) is 5.03. The lowest BCUT2D eigenvalue weighted by atomic mass is 9.97. The van der Waals surface area contributed by atoms with Crippen LogP contribution in [0.5, 0.6) is 0 Å². The normalized spacial score (nSPS) is 23.0. The highest BCUT2D eigenvalue weighted by Gasteiger charge is 2.26. The van der Waals surface area contributed by atoms with Crippen molar-refractivity contribution in [2.45, 2.75) is 26.2 Å². The molecule has 2 N–H and O–H groups in total. The summed E-state index contributed by atoms with van der Waals surface area (Å²) in [6.07, 6.45) is 4.97. The van der Waals surface area contributed by atoms with Crippen LogP contribution in [0, 0.1) is 18.8 Å². The minimum Gasteiger partial charge on any atom is -0.396 e. The van der Waals surface area contributed by atoms with Crippen molar-refractivity contribution in [3.63, 3.8) is 0 Å². The van der Waals surface area contributed by atoms with Crippen LogP contribution in [-0.2, 0) is 0 Å². The van der Waals surface area contributed by atoms with Crippen LogP contribution in [0.2, 0.25) is 0 Å². The van der Waals surface area contributed by atoms with Crippen molar-refractivity contribution in [3.8, 4) is 0 Å². The van der Waals surface area contributed by atoms with Crippen LogP contribution in [0.15, 0.2) is 18.3 Å². The molecule has 4 nitrogen and oxygen atoms in total. The Kier molecular flexibility index (Phi) is 4.31. The lowest BCUT2D eigenvalue weighted by Gasteiger charge is -2.17. The molecule has 1 aromatic rings. The molecule has 0 radical (unpaired) electrons.